The van der Waals surface area contributed by atoms with Crippen molar-refractivity contribution < 1.29 is 33.0 Å². The average molecular weight is 302 g/mol. The molecule has 3 N–H and O–H groups in total. The monoisotopic (exact) mass is 302 g/mol. The predicted molar refractivity (Wildman–Crippen MR) is 63.5 cm³/mol. The maximum absolute atomic E-state index is 12.7. The van der Waals surface area contributed by atoms with Crippen molar-refractivity contribution in [3.63, 3.8) is 0 Å². The van der Waals surface area contributed by atoms with E-state index in [0.29, 0.717) is 6.07 Å². The van der Waals surface area contributed by atoms with Crippen molar-refractivity contribution in [2.75, 3.05) is 5.32 Å². The molecule has 0 aromatic heterocycles. The van der Waals surface area contributed by atoms with Crippen molar-refractivity contribution >= 4 is 17.6 Å². The number of alkyl halides is 3. The van der Waals surface area contributed by atoms with Gasteiger partial charge in [-0.25, -0.2) is 4.79 Å². The molecular weight excluding hydrogens is 293 g/mol. The highest BCUT2D eigenvalue weighted by Gasteiger charge is 2.34. The molecule has 21 heavy (non-hydrogen) atoms. The first-order valence-electron chi connectivity index (χ1n) is 5.47. The van der Waals surface area contributed by atoms with Crippen LogP contribution < -0.4 is 5.32 Å². The Morgan fingerprint density at radius 1 is 1.33 bits per heavy atom. The number of halogens is 3. The van der Waals surface area contributed by atoms with E-state index in [9.17, 15) is 22.8 Å². The van der Waals surface area contributed by atoms with Gasteiger partial charge in [0.25, 0.3) is 0 Å². The zero-order chi connectivity index (χ0) is 16.2. The fourth-order valence-corrected chi connectivity index (χ4v) is 1.54. The molecular formula is C12H9F3N2O4. The van der Waals surface area contributed by atoms with Gasteiger partial charge in [0.1, 0.15) is 6.04 Å². The van der Waals surface area contributed by atoms with E-state index in [1.165, 1.54) is 6.07 Å². The number of carbonyl (C=O) groups is 2. The second-order valence-electron chi connectivity index (χ2n) is 4.00. The normalized spacial score (nSPS) is 12.3. The number of rotatable bonds is 5. The minimum Gasteiger partial charge on any atom is -0.481 e. The van der Waals surface area contributed by atoms with Gasteiger partial charge >= 0.3 is 18.1 Å². The summed E-state index contributed by atoms with van der Waals surface area (Å²) in [5.41, 5.74) is -2.08. The van der Waals surface area contributed by atoms with E-state index in [1.54, 1.807) is 0 Å². The third-order valence-corrected chi connectivity index (χ3v) is 2.46. The zero-order valence-corrected chi connectivity index (χ0v) is 10.3. The number of nitrogens with one attached hydrogen (secondary N) is 1. The average Bonchev–Trinajstić information content (AvgIpc) is 2.36. The molecule has 0 bridgehead atoms. The summed E-state index contributed by atoms with van der Waals surface area (Å²) in [5, 5.41) is 28.2. The molecule has 1 aromatic carbocycles. The Morgan fingerprint density at radius 3 is 2.38 bits per heavy atom. The lowest BCUT2D eigenvalue weighted by Gasteiger charge is -2.16. The lowest BCUT2D eigenvalue weighted by Crippen LogP contribution is -2.31. The Hall–Kier alpha value is -2.76. The van der Waals surface area contributed by atoms with E-state index < -0.39 is 41.7 Å². The highest BCUT2D eigenvalue weighted by Crippen LogP contribution is 2.33. The van der Waals surface area contributed by atoms with Crippen LogP contribution in [0.1, 0.15) is 17.5 Å². The molecule has 1 aromatic rings. The van der Waals surface area contributed by atoms with Crippen molar-refractivity contribution in [1.82, 2.24) is 0 Å². The fraction of sp³-hybridized carbons (Fsp3) is 0.250. The van der Waals surface area contributed by atoms with Crippen LogP contribution in [0.3, 0.4) is 0 Å². The van der Waals surface area contributed by atoms with Gasteiger partial charge in [0.15, 0.2) is 0 Å². The Morgan fingerprint density at radius 2 is 1.95 bits per heavy atom. The summed E-state index contributed by atoms with van der Waals surface area (Å²) in [6.07, 6.45) is -5.59. The molecule has 0 aliphatic carbocycles. The van der Waals surface area contributed by atoms with Crippen LogP contribution >= 0.6 is 0 Å². The second kappa shape index (κ2) is 6.13. The Labute approximate surface area is 116 Å². The van der Waals surface area contributed by atoms with Gasteiger partial charge in [0.2, 0.25) is 0 Å². The number of carboxylic acids is 2. The summed E-state index contributed by atoms with van der Waals surface area (Å²) in [7, 11) is 0. The molecule has 6 nitrogen and oxygen atoms in total. The van der Waals surface area contributed by atoms with Gasteiger partial charge in [0.05, 0.1) is 23.6 Å². The summed E-state index contributed by atoms with van der Waals surface area (Å²) >= 11 is 0. The number of nitrogens with zero attached hydrogens (tertiary/aromatic N) is 1. The number of hydrogen-bond acceptors (Lipinski definition) is 4. The molecule has 0 spiro atoms. The summed E-state index contributed by atoms with van der Waals surface area (Å²) in [5.74, 6) is -2.94. The van der Waals surface area contributed by atoms with Crippen LogP contribution in [0, 0.1) is 11.3 Å². The topological polar surface area (TPSA) is 110 Å². The SMILES string of the molecule is N#Cc1ccc(NC(CC(=O)O)C(=O)O)cc1C(F)(F)F. The first kappa shape index (κ1) is 16.3. The molecule has 112 valence electrons. The first-order valence-corrected chi connectivity index (χ1v) is 5.47. The van der Waals surface area contributed by atoms with Crippen LogP contribution in [-0.2, 0) is 15.8 Å². The number of anilines is 1. The lowest BCUT2D eigenvalue weighted by molar-refractivity contribution is -0.144. The molecule has 0 amide bonds. The highest BCUT2D eigenvalue weighted by atomic mass is 19.4. The molecule has 9 heteroatoms. The summed E-state index contributed by atoms with van der Waals surface area (Å²) in [6.45, 7) is 0. The number of aliphatic carboxylic acids is 2. The molecule has 0 saturated carbocycles. The number of benzene rings is 1. The van der Waals surface area contributed by atoms with Gasteiger partial charge in [-0.05, 0) is 18.2 Å². The van der Waals surface area contributed by atoms with Crippen molar-refractivity contribution in [3.8, 4) is 6.07 Å². The summed E-state index contributed by atoms with van der Waals surface area (Å²) < 4.78 is 38.2. The summed E-state index contributed by atoms with van der Waals surface area (Å²) in [4.78, 5) is 21.3. The van der Waals surface area contributed by atoms with Crippen LogP contribution in [0.2, 0.25) is 0 Å². The maximum atomic E-state index is 12.7. The standard InChI is InChI=1S/C12H9F3N2O4/c13-12(14,15)8-3-7(2-1-6(8)5-16)17-9(11(20)21)4-10(18)19/h1-3,9,17H,4H2,(H,18,19)(H,20,21). The summed E-state index contributed by atoms with van der Waals surface area (Å²) in [6, 6.07) is 2.31. The first-order chi connectivity index (χ1) is 9.65. The Bertz CT molecular complexity index is 608. The van der Waals surface area contributed by atoms with Crippen molar-refractivity contribution in [2.45, 2.75) is 18.6 Å². The van der Waals surface area contributed by atoms with E-state index >= 15 is 0 Å². The van der Waals surface area contributed by atoms with Crippen LogP contribution in [0.25, 0.3) is 0 Å². The molecule has 0 radical (unpaired) electrons. The number of hydrogen-bond donors (Lipinski definition) is 3. The number of carboxylic acid groups (broad SMARTS) is 2. The maximum Gasteiger partial charge on any atom is 0.417 e. The van der Waals surface area contributed by atoms with Gasteiger partial charge in [-0.15, -0.1) is 0 Å². The third-order valence-electron chi connectivity index (χ3n) is 2.46. The predicted octanol–water partition coefficient (Wildman–Crippen LogP) is 1.92. The van der Waals surface area contributed by atoms with E-state index in [4.69, 9.17) is 15.5 Å². The van der Waals surface area contributed by atoms with Crippen molar-refractivity contribution in [2.24, 2.45) is 0 Å². The zero-order valence-electron chi connectivity index (χ0n) is 10.3. The quantitative estimate of drug-likeness (QED) is 0.766. The number of nitriles is 1. The Kier molecular flexibility index (Phi) is 4.75. The van der Waals surface area contributed by atoms with Crippen molar-refractivity contribution in [3.05, 3.63) is 29.3 Å². The minimum absolute atomic E-state index is 0.241. The van der Waals surface area contributed by atoms with Crippen LogP contribution in [0.15, 0.2) is 18.2 Å². The van der Waals surface area contributed by atoms with E-state index in [2.05, 4.69) is 5.32 Å². The third kappa shape index (κ3) is 4.38. The molecule has 1 unspecified atom stereocenters. The van der Waals surface area contributed by atoms with Crippen LogP contribution in [-0.4, -0.2) is 28.2 Å². The van der Waals surface area contributed by atoms with Crippen molar-refractivity contribution in [1.29, 1.82) is 5.26 Å². The van der Waals surface area contributed by atoms with Gasteiger partial charge in [-0.2, -0.15) is 18.4 Å². The van der Waals surface area contributed by atoms with Gasteiger partial charge in [0, 0.05) is 5.69 Å². The molecule has 0 fully saturated rings. The van der Waals surface area contributed by atoms with E-state index in [1.807, 2.05) is 0 Å². The lowest BCUT2D eigenvalue weighted by atomic mass is 10.1. The van der Waals surface area contributed by atoms with Crippen LogP contribution in [0.4, 0.5) is 18.9 Å². The minimum atomic E-state index is -4.78. The molecule has 0 aliphatic heterocycles. The molecule has 0 aliphatic rings. The second-order valence-corrected chi connectivity index (χ2v) is 4.00. The molecule has 0 saturated heterocycles. The molecule has 1 rings (SSSR count). The fourth-order valence-electron chi connectivity index (χ4n) is 1.54. The van der Waals surface area contributed by atoms with Crippen LogP contribution in [0.5, 0.6) is 0 Å². The van der Waals surface area contributed by atoms with E-state index in [0.717, 1.165) is 12.1 Å². The van der Waals surface area contributed by atoms with E-state index in [-0.39, 0.29) is 5.69 Å². The largest absolute Gasteiger partial charge is 0.481 e. The Balaban J connectivity index is 3.12. The highest BCUT2D eigenvalue weighted by molar-refractivity contribution is 5.83. The smallest absolute Gasteiger partial charge is 0.417 e. The van der Waals surface area contributed by atoms with Gasteiger partial charge in [-0.3, -0.25) is 4.79 Å². The van der Waals surface area contributed by atoms with Gasteiger partial charge < -0.3 is 15.5 Å². The molecule has 1 atom stereocenters. The van der Waals surface area contributed by atoms with Gasteiger partial charge in [-0.1, -0.05) is 0 Å². The molecule has 0 heterocycles.